The molecule has 2 aliphatic heterocycles. The number of esters is 2. The molecule has 0 spiro atoms. The van der Waals surface area contributed by atoms with Crippen LogP contribution in [0.25, 0.3) is 6.08 Å². The monoisotopic (exact) mass is 476 g/mol. The SMILES string of the molecule is CC1CCC2[C@@H]1[C@H](OC(=O)/C=C/c1ccc(Cl)cc1)C1(C(C)C)CC(OC(=O)CO)[C@@]2(C)O1. The summed E-state index contributed by atoms with van der Waals surface area (Å²) in [5.74, 6) is -0.495. The Labute approximate surface area is 200 Å². The molecule has 1 N–H and O–H groups in total. The van der Waals surface area contributed by atoms with E-state index in [9.17, 15) is 14.7 Å². The molecule has 1 aromatic carbocycles. The molecular weight excluding hydrogens is 444 g/mol. The molecule has 1 aliphatic carbocycles. The molecule has 7 heteroatoms. The van der Waals surface area contributed by atoms with Gasteiger partial charge in [-0.15, -0.1) is 0 Å². The molecule has 4 unspecified atom stereocenters. The summed E-state index contributed by atoms with van der Waals surface area (Å²) < 4.78 is 18.6. The van der Waals surface area contributed by atoms with Crippen molar-refractivity contribution in [3.8, 4) is 0 Å². The minimum atomic E-state index is -0.765. The van der Waals surface area contributed by atoms with Crippen LogP contribution in [0.2, 0.25) is 5.02 Å². The van der Waals surface area contributed by atoms with Crippen molar-refractivity contribution < 1.29 is 28.9 Å². The van der Waals surface area contributed by atoms with Gasteiger partial charge in [0.2, 0.25) is 0 Å². The van der Waals surface area contributed by atoms with Gasteiger partial charge in [0.05, 0.1) is 0 Å². The predicted octanol–water partition coefficient (Wildman–Crippen LogP) is 4.42. The van der Waals surface area contributed by atoms with Gasteiger partial charge in [-0.25, -0.2) is 9.59 Å². The van der Waals surface area contributed by atoms with Gasteiger partial charge in [-0.1, -0.05) is 44.5 Å². The Morgan fingerprint density at radius 1 is 1.24 bits per heavy atom. The second-order valence-corrected chi connectivity index (χ2v) is 10.7. The van der Waals surface area contributed by atoms with Crippen LogP contribution >= 0.6 is 11.6 Å². The number of carbonyl (C=O) groups is 2. The number of halogens is 1. The van der Waals surface area contributed by atoms with Crippen molar-refractivity contribution in [2.24, 2.45) is 23.7 Å². The van der Waals surface area contributed by atoms with Crippen LogP contribution in [0, 0.1) is 23.7 Å². The highest BCUT2D eigenvalue weighted by Crippen LogP contribution is 2.63. The van der Waals surface area contributed by atoms with E-state index < -0.39 is 42.0 Å². The summed E-state index contributed by atoms with van der Waals surface area (Å²) in [6.07, 6.45) is 4.56. The first-order valence-electron chi connectivity index (χ1n) is 11.8. The summed E-state index contributed by atoms with van der Waals surface area (Å²) in [4.78, 5) is 25.0. The van der Waals surface area contributed by atoms with Crippen LogP contribution in [0.5, 0.6) is 0 Å². The lowest BCUT2D eigenvalue weighted by molar-refractivity contribution is -0.264. The van der Waals surface area contributed by atoms with E-state index in [1.54, 1.807) is 18.2 Å². The second-order valence-electron chi connectivity index (χ2n) is 10.2. The van der Waals surface area contributed by atoms with Crippen LogP contribution in [0.15, 0.2) is 30.3 Å². The Kier molecular flexibility index (Phi) is 6.64. The van der Waals surface area contributed by atoms with E-state index in [1.807, 2.05) is 19.1 Å². The summed E-state index contributed by atoms with van der Waals surface area (Å²) in [7, 11) is 0. The van der Waals surface area contributed by atoms with Gasteiger partial charge in [0.15, 0.2) is 0 Å². The number of benzene rings is 1. The summed E-state index contributed by atoms with van der Waals surface area (Å²) in [6.45, 7) is 7.66. The van der Waals surface area contributed by atoms with Gasteiger partial charge in [0.25, 0.3) is 0 Å². The molecule has 0 amide bonds. The first-order valence-corrected chi connectivity index (χ1v) is 12.1. The maximum Gasteiger partial charge on any atom is 0.332 e. The zero-order valence-corrected chi connectivity index (χ0v) is 20.4. The fraction of sp³-hybridized carbons (Fsp3) is 0.615. The van der Waals surface area contributed by atoms with E-state index >= 15 is 0 Å². The summed E-state index contributed by atoms with van der Waals surface area (Å²) in [6, 6.07) is 7.21. The molecular formula is C26H33ClO6. The zero-order valence-electron chi connectivity index (χ0n) is 19.6. The topological polar surface area (TPSA) is 82.1 Å². The average Bonchev–Trinajstić information content (AvgIpc) is 3.29. The smallest absolute Gasteiger partial charge is 0.332 e. The van der Waals surface area contributed by atoms with Crippen LogP contribution in [0.3, 0.4) is 0 Å². The highest BCUT2D eigenvalue weighted by atomic mass is 35.5. The van der Waals surface area contributed by atoms with Crippen molar-refractivity contribution in [1.29, 1.82) is 0 Å². The number of carbonyl (C=O) groups excluding carboxylic acids is 2. The number of ether oxygens (including phenoxy) is 3. The van der Waals surface area contributed by atoms with E-state index in [0.29, 0.717) is 17.4 Å². The number of rotatable bonds is 6. The number of hydrogen-bond acceptors (Lipinski definition) is 6. The molecule has 1 aromatic rings. The van der Waals surface area contributed by atoms with Gasteiger partial charge in [-0.05, 0) is 61.3 Å². The van der Waals surface area contributed by atoms with E-state index in [0.717, 1.165) is 18.4 Å². The average molecular weight is 477 g/mol. The molecule has 6 nitrogen and oxygen atoms in total. The molecule has 7 atom stereocenters. The Hall–Kier alpha value is -1.89. The van der Waals surface area contributed by atoms with Crippen molar-refractivity contribution in [2.45, 2.75) is 70.4 Å². The Morgan fingerprint density at radius 3 is 2.58 bits per heavy atom. The number of aliphatic hydroxyl groups excluding tert-OH is 1. The quantitative estimate of drug-likeness (QED) is 0.483. The van der Waals surface area contributed by atoms with Gasteiger partial charge >= 0.3 is 11.9 Å². The highest BCUT2D eigenvalue weighted by molar-refractivity contribution is 6.30. The zero-order chi connectivity index (χ0) is 24.0. The molecule has 2 saturated heterocycles. The van der Waals surface area contributed by atoms with E-state index in [2.05, 4.69) is 20.8 Å². The molecule has 1 saturated carbocycles. The van der Waals surface area contributed by atoms with Gasteiger partial charge in [0, 0.05) is 23.4 Å². The molecule has 33 heavy (non-hydrogen) atoms. The minimum Gasteiger partial charge on any atom is -0.457 e. The Balaban J connectivity index is 1.64. The van der Waals surface area contributed by atoms with Crippen molar-refractivity contribution in [1.82, 2.24) is 0 Å². The number of aliphatic hydroxyl groups is 1. The molecule has 3 aliphatic rings. The van der Waals surface area contributed by atoms with Gasteiger partial charge in [-0.3, -0.25) is 0 Å². The third-order valence-corrected chi connectivity index (χ3v) is 8.33. The normalized spacial score (nSPS) is 37.4. The lowest BCUT2D eigenvalue weighted by Crippen LogP contribution is -2.62. The lowest BCUT2D eigenvalue weighted by atomic mass is 9.69. The molecule has 0 aromatic heterocycles. The highest BCUT2D eigenvalue weighted by Gasteiger charge is 2.72. The van der Waals surface area contributed by atoms with Crippen molar-refractivity contribution >= 4 is 29.6 Å². The minimum absolute atomic E-state index is 0.0291. The molecule has 2 bridgehead atoms. The Bertz CT molecular complexity index is 927. The summed E-state index contributed by atoms with van der Waals surface area (Å²) >= 11 is 5.94. The molecule has 180 valence electrons. The summed E-state index contributed by atoms with van der Waals surface area (Å²) in [5.41, 5.74) is -0.586. The first kappa shape index (κ1) is 24.2. The fourth-order valence-electron chi connectivity index (χ4n) is 6.34. The third-order valence-electron chi connectivity index (χ3n) is 8.08. The molecule has 3 fully saturated rings. The van der Waals surface area contributed by atoms with Gasteiger partial charge in [-0.2, -0.15) is 0 Å². The van der Waals surface area contributed by atoms with E-state index in [4.69, 9.17) is 25.8 Å². The molecule has 2 heterocycles. The van der Waals surface area contributed by atoms with Crippen LogP contribution in [-0.4, -0.2) is 47.1 Å². The van der Waals surface area contributed by atoms with E-state index in [1.165, 1.54) is 6.08 Å². The Morgan fingerprint density at radius 2 is 1.94 bits per heavy atom. The largest absolute Gasteiger partial charge is 0.457 e. The number of hydrogen-bond donors (Lipinski definition) is 1. The maximum absolute atomic E-state index is 13.0. The third kappa shape index (κ3) is 4.22. The number of fused-ring (bicyclic) bond motifs is 4. The van der Waals surface area contributed by atoms with Crippen LogP contribution in [0.4, 0.5) is 0 Å². The predicted molar refractivity (Wildman–Crippen MR) is 124 cm³/mol. The van der Waals surface area contributed by atoms with Crippen LogP contribution < -0.4 is 0 Å². The summed E-state index contributed by atoms with van der Waals surface area (Å²) in [5, 5.41) is 9.90. The van der Waals surface area contributed by atoms with E-state index in [-0.39, 0.29) is 17.8 Å². The lowest BCUT2D eigenvalue weighted by Gasteiger charge is -2.52. The van der Waals surface area contributed by atoms with Crippen molar-refractivity contribution in [3.63, 3.8) is 0 Å². The van der Waals surface area contributed by atoms with Crippen LogP contribution in [0.1, 0.15) is 52.5 Å². The fourth-order valence-corrected chi connectivity index (χ4v) is 6.47. The standard InChI is InChI=1S/C26H33ClO6/c1-15(2)26-13-20(31-22(30)14-28)25(4,33-26)19-11-5-16(3)23(19)24(26)32-21(29)12-8-17-6-9-18(27)10-7-17/h6-10,12,15-16,19-20,23-24,28H,5,11,13-14H2,1-4H3/b12-8+/t16?,19?,20?,23-,24+,25+,26?/m1/s1. The maximum atomic E-state index is 13.0. The van der Waals surface area contributed by atoms with Crippen molar-refractivity contribution in [3.05, 3.63) is 40.9 Å². The van der Waals surface area contributed by atoms with Crippen molar-refractivity contribution in [2.75, 3.05) is 6.61 Å². The van der Waals surface area contributed by atoms with Gasteiger partial charge in [0.1, 0.15) is 30.0 Å². The molecule has 0 radical (unpaired) electrons. The van der Waals surface area contributed by atoms with Crippen LogP contribution in [-0.2, 0) is 23.8 Å². The second kappa shape index (κ2) is 9.05. The molecule has 4 rings (SSSR count). The first-order chi connectivity index (χ1) is 15.6. The van der Waals surface area contributed by atoms with Gasteiger partial charge < -0.3 is 19.3 Å².